The van der Waals surface area contributed by atoms with Gasteiger partial charge in [-0.05, 0) is 60.9 Å². The van der Waals surface area contributed by atoms with Gasteiger partial charge in [0.05, 0.1) is 0 Å². The minimum Gasteiger partial charge on any atom is -0.358 e. The molecule has 0 aliphatic heterocycles. The Hall–Kier alpha value is -3.83. The Bertz CT molecular complexity index is 1310. The molecule has 3 aromatic carbocycles. The van der Waals surface area contributed by atoms with Gasteiger partial charge in [-0.3, -0.25) is 9.59 Å². The molecule has 0 aliphatic rings. The number of fused-ring (bicyclic) bond motifs is 1. The molecular formula is C27H24ClN3O2. The van der Waals surface area contributed by atoms with Crippen molar-refractivity contribution in [3.05, 3.63) is 112 Å². The van der Waals surface area contributed by atoms with Gasteiger partial charge in [0.15, 0.2) is 0 Å². The first-order valence-electron chi connectivity index (χ1n) is 10.7. The fraction of sp³-hybridized carbons (Fsp3) is 0.111. The summed E-state index contributed by atoms with van der Waals surface area (Å²) in [6.45, 7) is 2.46. The minimum absolute atomic E-state index is 0.168. The highest BCUT2D eigenvalue weighted by molar-refractivity contribution is 6.30. The quantitative estimate of drug-likeness (QED) is 0.331. The molecule has 4 aromatic rings. The van der Waals surface area contributed by atoms with Crippen LogP contribution in [0.4, 0.5) is 0 Å². The maximum Gasteiger partial charge on any atom is 0.267 e. The molecule has 0 aliphatic carbocycles. The molecule has 0 spiro atoms. The molecular weight excluding hydrogens is 434 g/mol. The monoisotopic (exact) mass is 457 g/mol. The van der Waals surface area contributed by atoms with E-state index in [4.69, 9.17) is 11.6 Å². The van der Waals surface area contributed by atoms with Crippen LogP contribution in [0.25, 0.3) is 17.0 Å². The van der Waals surface area contributed by atoms with Crippen LogP contribution in [0.5, 0.6) is 0 Å². The number of amides is 2. The van der Waals surface area contributed by atoms with E-state index in [1.807, 2.05) is 31.2 Å². The van der Waals surface area contributed by atoms with E-state index in [1.54, 1.807) is 54.6 Å². The van der Waals surface area contributed by atoms with Crippen LogP contribution in [-0.2, 0) is 11.2 Å². The van der Waals surface area contributed by atoms with E-state index >= 15 is 0 Å². The highest BCUT2D eigenvalue weighted by Crippen LogP contribution is 2.22. The number of halogens is 1. The largest absolute Gasteiger partial charge is 0.358 e. The van der Waals surface area contributed by atoms with E-state index in [-0.39, 0.29) is 17.5 Å². The average Bonchev–Trinajstić information content (AvgIpc) is 3.15. The Morgan fingerprint density at radius 1 is 0.939 bits per heavy atom. The molecule has 3 N–H and O–H groups in total. The van der Waals surface area contributed by atoms with Crippen molar-refractivity contribution in [2.75, 3.05) is 6.54 Å². The van der Waals surface area contributed by atoms with Gasteiger partial charge in [0.1, 0.15) is 5.70 Å². The van der Waals surface area contributed by atoms with Gasteiger partial charge in [-0.1, -0.05) is 60.1 Å². The van der Waals surface area contributed by atoms with Crippen LogP contribution in [0.3, 0.4) is 0 Å². The molecule has 166 valence electrons. The molecule has 0 bridgehead atoms. The van der Waals surface area contributed by atoms with E-state index < -0.39 is 0 Å². The number of hydrogen-bond donors (Lipinski definition) is 3. The lowest BCUT2D eigenvalue weighted by Crippen LogP contribution is -2.35. The first kappa shape index (κ1) is 22.4. The van der Waals surface area contributed by atoms with Crippen LogP contribution < -0.4 is 10.6 Å². The van der Waals surface area contributed by atoms with Gasteiger partial charge in [0, 0.05) is 33.7 Å². The lowest BCUT2D eigenvalue weighted by atomic mass is 10.1. The highest BCUT2D eigenvalue weighted by atomic mass is 35.5. The summed E-state index contributed by atoms with van der Waals surface area (Å²) in [7, 11) is 0. The number of nitrogens with one attached hydrogen (secondary N) is 3. The summed E-state index contributed by atoms with van der Waals surface area (Å²) in [4.78, 5) is 29.1. The fourth-order valence-corrected chi connectivity index (χ4v) is 3.85. The van der Waals surface area contributed by atoms with Gasteiger partial charge in [-0.2, -0.15) is 0 Å². The summed E-state index contributed by atoms with van der Waals surface area (Å²) in [6.07, 6.45) is 2.31. The van der Waals surface area contributed by atoms with E-state index in [1.165, 1.54) is 5.56 Å². The summed E-state index contributed by atoms with van der Waals surface area (Å²) in [6, 6.07) is 24.0. The third-order valence-electron chi connectivity index (χ3n) is 5.40. The average molecular weight is 458 g/mol. The Morgan fingerprint density at radius 2 is 1.64 bits per heavy atom. The van der Waals surface area contributed by atoms with Gasteiger partial charge in [-0.25, -0.2) is 0 Å². The molecule has 0 unspecified atom stereocenters. The van der Waals surface area contributed by atoms with Crippen LogP contribution in [0.15, 0.2) is 84.6 Å². The number of H-pyrrole nitrogens is 1. The maximum absolute atomic E-state index is 13.0. The van der Waals surface area contributed by atoms with Crippen molar-refractivity contribution < 1.29 is 9.59 Å². The molecule has 0 saturated heterocycles. The third-order valence-corrected chi connectivity index (χ3v) is 5.65. The van der Waals surface area contributed by atoms with Crippen LogP contribution in [0.2, 0.25) is 5.02 Å². The van der Waals surface area contributed by atoms with Crippen molar-refractivity contribution in [3.8, 4) is 0 Å². The zero-order chi connectivity index (χ0) is 23.2. The molecule has 0 atom stereocenters. The number of carbonyl (C=O) groups is 2. The zero-order valence-corrected chi connectivity index (χ0v) is 18.9. The number of carbonyl (C=O) groups excluding carboxylic acids is 2. The topological polar surface area (TPSA) is 74.0 Å². The number of rotatable bonds is 7. The molecule has 4 rings (SSSR count). The number of benzene rings is 3. The van der Waals surface area contributed by atoms with Crippen molar-refractivity contribution in [2.24, 2.45) is 0 Å². The summed E-state index contributed by atoms with van der Waals surface area (Å²) in [5, 5.41) is 7.44. The van der Waals surface area contributed by atoms with Crippen molar-refractivity contribution in [1.82, 2.24) is 15.6 Å². The summed E-state index contributed by atoms with van der Waals surface area (Å²) in [5.41, 5.74) is 4.73. The van der Waals surface area contributed by atoms with Crippen LogP contribution >= 0.6 is 11.6 Å². The van der Waals surface area contributed by atoms with E-state index in [9.17, 15) is 9.59 Å². The molecule has 1 heterocycles. The Kier molecular flexibility index (Phi) is 6.91. The second-order valence-corrected chi connectivity index (χ2v) is 8.15. The first-order chi connectivity index (χ1) is 16.0. The van der Waals surface area contributed by atoms with Crippen LogP contribution in [0, 0.1) is 6.92 Å². The molecule has 5 nitrogen and oxygen atoms in total. The van der Waals surface area contributed by atoms with Crippen molar-refractivity contribution >= 4 is 40.4 Å². The normalized spacial score (nSPS) is 11.4. The first-order valence-corrected chi connectivity index (χ1v) is 11.1. The van der Waals surface area contributed by atoms with Crippen molar-refractivity contribution in [3.63, 3.8) is 0 Å². The number of aromatic nitrogens is 1. The number of aromatic amines is 1. The van der Waals surface area contributed by atoms with Crippen LogP contribution in [-0.4, -0.2) is 23.3 Å². The lowest BCUT2D eigenvalue weighted by molar-refractivity contribution is -0.117. The Labute approximate surface area is 197 Å². The smallest absolute Gasteiger partial charge is 0.267 e. The lowest BCUT2D eigenvalue weighted by Gasteiger charge is -2.12. The van der Waals surface area contributed by atoms with Gasteiger partial charge >= 0.3 is 0 Å². The standard InChI is InChI=1S/C27H24ClN3O2/c1-18-22(23-9-5-6-10-24(23)30-18)15-16-29-27(33)25(17-19-11-13-21(28)14-12-19)31-26(32)20-7-3-2-4-8-20/h2-14,17,30H,15-16H2,1H3,(H,29,33)(H,31,32). The van der Waals surface area contributed by atoms with Crippen molar-refractivity contribution in [1.29, 1.82) is 0 Å². The van der Waals surface area contributed by atoms with Crippen molar-refractivity contribution in [2.45, 2.75) is 13.3 Å². The van der Waals surface area contributed by atoms with Gasteiger partial charge in [0.25, 0.3) is 11.8 Å². The zero-order valence-electron chi connectivity index (χ0n) is 18.2. The third kappa shape index (κ3) is 5.51. The number of para-hydroxylation sites is 1. The minimum atomic E-state index is -0.355. The highest BCUT2D eigenvalue weighted by Gasteiger charge is 2.15. The molecule has 6 heteroatoms. The van der Waals surface area contributed by atoms with E-state index in [0.29, 0.717) is 23.6 Å². The second kappa shape index (κ2) is 10.2. The SMILES string of the molecule is Cc1[nH]c2ccccc2c1CCNC(=O)C(=Cc1ccc(Cl)cc1)NC(=O)c1ccccc1. The Balaban J connectivity index is 1.50. The maximum atomic E-state index is 13.0. The van der Waals surface area contributed by atoms with Gasteiger partial charge in [0.2, 0.25) is 0 Å². The summed E-state index contributed by atoms with van der Waals surface area (Å²) in [5.74, 6) is -0.704. The number of aryl methyl sites for hydroxylation is 1. The Morgan fingerprint density at radius 3 is 2.39 bits per heavy atom. The number of hydrogen-bond acceptors (Lipinski definition) is 2. The second-order valence-electron chi connectivity index (χ2n) is 7.71. The predicted molar refractivity (Wildman–Crippen MR) is 133 cm³/mol. The molecule has 0 fully saturated rings. The molecule has 33 heavy (non-hydrogen) atoms. The summed E-state index contributed by atoms with van der Waals surface area (Å²) >= 11 is 5.97. The molecule has 0 radical (unpaired) electrons. The van der Waals surface area contributed by atoms with E-state index in [2.05, 4.69) is 21.7 Å². The predicted octanol–water partition coefficient (Wildman–Crippen LogP) is 5.26. The molecule has 0 saturated carbocycles. The van der Waals surface area contributed by atoms with E-state index in [0.717, 1.165) is 22.2 Å². The fourth-order valence-electron chi connectivity index (χ4n) is 3.72. The molecule has 1 aromatic heterocycles. The van der Waals surface area contributed by atoms with Gasteiger partial charge in [-0.15, -0.1) is 0 Å². The van der Waals surface area contributed by atoms with Gasteiger partial charge < -0.3 is 15.6 Å². The van der Waals surface area contributed by atoms with Crippen LogP contribution in [0.1, 0.15) is 27.2 Å². The molecule has 2 amide bonds. The summed E-state index contributed by atoms with van der Waals surface area (Å²) < 4.78 is 0.